The fourth-order valence-corrected chi connectivity index (χ4v) is 3.13. The number of carbonyl (C=O) groups is 1. The summed E-state index contributed by atoms with van der Waals surface area (Å²) in [6, 6.07) is 26.0. The lowest BCUT2D eigenvalue weighted by Gasteiger charge is -2.21. The lowest BCUT2D eigenvalue weighted by atomic mass is 10.0. The van der Waals surface area contributed by atoms with Crippen molar-refractivity contribution in [3.63, 3.8) is 0 Å². The maximum atomic E-state index is 12.3. The number of rotatable bonds is 8. The summed E-state index contributed by atoms with van der Waals surface area (Å²) >= 11 is 0. The molecule has 0 radical (unpaired) electrons. The summed E-state index contributed by atoms with van der Waals surface area (Å²) in [4.78, 5) is 14.6. The van der Waals surface area contributed by atoms with Crippen LogP contribution in [0.2, 0.25) is 0 Å². The molecule has 1 N–H and O–H groups in total. The molecule has 0 bridgehead atoms. The molecule has 0 aliphatic carbocycles. The Bertz CT molecular complexity index is 851. The highest BCUT2D eigenvalue weighted by Gasteiger charge is 2.06. The molecule has 0 spiro atoms. The lowest BCUT2D eigenvalue weighted by Crippen LogP contribution is -2.21. The second-order valence-corrected chi connectivity index (χ2v) is 6.51. The largest absolute Gasteiger partial charge is 0.372 e. The molecule has 3 rings (SSSR count). The Hall–Kier alpha value is -3.07. The number of hydrogen-bond acceptors (Lipinski definition) is 3. The van der Waals surface area contributed by atoms with Gasteiger partial charge in [0.05, 0.1) is 0 Å². The number of nitrogens with one attached hydrogen (secondary N) is 1. The Kier molecular flexibility index (Phi) is 6.26. The van der Waals surface area contributed by atoms with Crippen molar-refractivity contribution >= 4 is 22.8 Å². The van der Waals surface area contributed by atoms with Crippen LogP contribution in [0.25, 0.3) is 0 Å². The summed E-state index contributed by atoms with van der Waals surface area (Å²) < 4.78 is 0. The van der Waals surface area contributed by atoms with Crippen LogP contribution < -0.4 is 10.2 Å². The molecule has 0 unspecified atom stereocenters. The van der Waals surface area contributed by atoms with Crippen molar-refractivity contribution in [3.05, 3.63) is 90.0 Å². The van der Waals surface area contributed by atoms with Crippen molar-refractivity contribution in [1.82, 2.24) is 0 Å². The Balaban J connectivity index is 1.61. The number of ketones is 1. The molecule has 3 aromatic carbocycles. The zero-order chi connectivity index (χ0) is 19.1. The smallest absolute Gasteiger partial charge is 0.167 e. The van der Waals surface area contributed by atoms with Crippen LogP contribution in [-0.2, 0) is 6.42 Å². The average Bonchev–Trinajstić information content (AvgIpc) is 2.72. The van der Waals surface area contributed by atoms with E-state index >= 15 is 0 Å². The summed E-state index contributed by atoms with van der Waals surface area (Å²) in [5, 5.41) is 3.41. The molecular formula is C24H26N2O. The first-order valence-electron chi connectivity index (χ1n) is 9.48. The van der Waals surface area contributed by atoms with Crippen LogP contribution in [0.4, 0.5) is 17.1 Å². The monoisotopic (exact) mass is 358 g/mol. The zero-order valence-electron chi connectivity index (χ0n) is 16.0. The van der Waals surface area contributed by atoms with Crippen LogP contribution in [0.5, 0.6) is 0 Å². The van der Waals surface area contributed by atoms with Crippen molar-refractivity contribution in [2.24, 2.45) is 0 Å². The summed E-state index contributed by atoms with van der Waals surface area (Å²) in [6.07, 6.45) is 0.420. The summed E-state index contributed by atoms with van der Waals surface area (Å²) in [7, 11) is 0. The van der Waals surface area contributed by atoms with Crippen molar-refractivity contribution in [3.8, 4) is 0 Å². The number of Topliss-reactive ketones (excluding diaryl/α,β-unsaturated/α-hetero) is 1. The van der Waals surface area contributed by atoms with Gasteiger partial charge < -0.3 is 10.2 Å². The van der Waals surface area contributed by atoms with Gasteiger partial charge in [-0.05, 0) is 55.8 Å². The Morgan fingerprint density at radius 1 is 0.778 bits per heavy atom. The second kappa shape index (κ2) is 9.04. The molecule has 0 saturated carbocycles. The Morgan fingerprint density at radius 2 is 1.33 bits per heavy atom. The van der Waals surface area contributed by atoms with Gasteiger partial charge in [-0.2, -0.15) is 0 Å². The SMILES string of the molecule is CCN(CC)c1ccc(Nc2ccc(CC(=O)c3ccccc3)cc2)cc1. The van der Waals surface area contributed by atoms with E-state index in [9.17, 15) is 4.79 Å². The molecular weight excluding hydrogens is 332 g/mol. The van der Waals surface area contributed by atoms with Gasteiger partial charge in [0, 0.05) is 42.1 Å². The molecule has 0 aliphatic heterocycles. The fourth-order valence-electron chi connectivity index (χ4n) is 3.13. The molecule has 0 atom stereocenters. The first-order chi connectivity index (χ1) is 13.2. The predicted octanol–water partition coefficient (Wildman–Crippen LogP) is 5.70. The third-order valence-corrected chi connectivity index (χ3v) is 4.70. The van der Waals surface area contributed by atoms with Gasteiger partial charge in [-0.25, -0.2) is 0 Å². The van der Waals surface area contributed by atoms with Gasteiger partial charge in [-0.1, -0.05) is 42.5 Å². The minimum Gasteiger partial charge on any atom is -0.372 e. The van der Waals surface area contributed by atoms with Crippen LogP contribution in [0, 0.1) is 0 Å². The second-order valence-electron chi connectivity index (χ2n) is 6.51. The minimum atomic E-state index is 0.142. The first kappa shape index (κ1) is 18.7. The molecule has 0 heterocycles. The molecule has 0 aromatic heterocycles. The Morgan fingerprint density at radius 3 is 1.89 bits per heavy atom. The number of carbonyl (C=O) groups excluding carboxylic acids is 1. The summed E-state index contributed by atoms with van der Waals surface area (Å²) in [5.74, 6) is 0.142. The zero-order valence-corrected chi connectivity index (χ0v) is 16.0. The molecule has 0 fully saturated rings. The maximum Gasteiger partial charge on any atom is 0.167 e. The van der Waals surface area contributed by atoms with Crippen LogP contribution in [0.15, 0.2) is 78.9 Å². The number of anilines is 3. The van der Waals surface area contributed by atoms with E-state index in [0.29, 0.717) is 6.42 Å². The number of nitrogens with zero attached hydrogens (tertiary/aromatic N) is 1. The van der Waals surface area contributed by atoms with Crippen molar-refractivity contribution < 1.29 is 4.79 Å². The van der Waals surface area contributed by atoms with Crippen LogP contribution in [0.3, 0.4) is 0 Å². The molecule has 0 aliphatic rings. The maximum absolute atomic E-state index is 12.3. The van der Waals surface area contributed by atoms with E-state index in [1.165, 1.54) is 5.69 Å². The minimum absolute atomic E-state index is 0.142. The first-order valence-corrected chi connectivity index (χ1v) is 9.48. The molecule has 138 valence electrons. The quantitative estimate of drug-likeness (QED) is 0.524. The van der Waals surface area contributed by atoms with Gasteiger partial charge in [-0.3, -0.25) is 4.79 Å². The molecule has 0 amide bonds. The van der Waals surface area contributed by atoms with Crippen LogP contribution in [-0.4, -0.2) is 18.9 Å². The van der Waals surface area contributed by atoms with Gasteiger partial charge in [0.25, 0.3) is 0 Å². The van der Waals surface area contributed by atoms with Gasteiger partial charge in [0.2, 0.25) is 0 Å². The average molecular weight is 358 g/mol. The van der Waals surface area contributed by atoms with E-state index in [2.05, 4.69) is 48.3 Å². The van der Waals surface area contributed by atoms with Gasteiger partial charge in [0.1, 0.15) is 0 Å². The normalized spacial score (nSPS) is 10.4. The van der Waals surface area contributed by atoms with E-state index in [4.69, 9.17) is 0 Å². The standard InChI is InChI=1S/C24H26N2O/c1-3-26(4-2)23-16-14-22(15-17-23)25-21-12-10-19(11-13-21)18-24(27)20-8-6-5-7-9-20/h5-17,25H,3-4,18H2,1-2H3. The third kappa shape index (κ3) is 4.98. The highest BCUT2D eigenvalue weighted by atomic mass is 16.1. The van der Waals surface area contributed by atoms with E-state index in [0.717, 1.165) is 35.6 Å². The van der Waals surface area contributed by atoms with E-state index in [1.807, 2.05) is 54.6 Å². The third-order valence-electron chi connectivity index (χ3n) is 4.70. The number of benzene rings is 3. The van der Waals surface area contributed by atoms with Crippen molar-refractivity contribution in [2.45, 2.75) is 20.3 Å². The van der Waals surface area contributed by atoms with E-state index in [1.54, 1.807) is 0 Å². The van der Waals surface area contributed by atoms with Crippen molar-refractivity contribution in [2.75, 3.05) is 23.3 Å². The van der Waals surface area contributed by atoms with Crippen LogP contribution in [0.1, 0.15) is 29.8 Å². The van der Waals surface area contributed by atoms with Gasteiger partial charge >= 0.3 is 0 Å². The summed E-state index contributed by atoms with van der Waals surface area (Å²) in [5.41, 5.74) is 5.08. The van der Waals surface area contributed by atoms with Gasteiger partial charge in [0.15, 0.2) is 5.78 Å². The highest BCUT2D eigenvalue weighted by Crippen LogP contribution is 2.21. The molecule has 3 aromatic rings. The molecule has 27 heavy (non-hydrogen) atoms. The predicted molar refractivity (Wildman–Crippen MR) is 114 cm³/mol. The number of hydrogen-bond donors (Lipinski definition) is 1. The van der Waals surface area contributed by atoms with Crippen LogP contribution >= 0.6 is 0 Å². The molecule has 0 saturated heterocycles. The molecule has 3 nitrogen and oxygen atoms in total. The molecule has 3 heteroatoms. The highest BCUT2D eigenvalue weighted by molar-refractivity contribution is 5.97. The van der Waals surface area contributed by atoms with Crippen molar-refractivity contribution in [1.29, 1.82) is 0 Å². The van der Waals surface area contributed by atoms with E-state index < -0.39 is 0 Å². The summed E-state index contributed by atoms with van der Waals surface area (Å²) in [6.45, 7) is 6.35. The van der Waals surface area contributed by atoms with Gasteiger partial charge in [-0.15, -0.1) is 0 Å². The van der Waals surface area contributed by atoms with E-state index in [-0.39, 0.29) is 5.78 Å². The fraction of sp³-hybridized carbons (Fsp3) is 0.208. The lowest BCUT2D eigenvalue weighted by molar-refractivity contribution is 0.0993. The Labute approximate surface area is 161 Å². The topological polar surface area (TPSA) is 32.3 Å².